The Morgan fingerprint density at radius 1 is 1.14 bits per heavy atom. The summed E-state index contributed by atoms with van der Waals surface area (Å²) in [5.74, 6) is 0.937. The third-order valence-corrected chi connectivity index (χ3v) is 8.55. The molecule has 10 nitrogen and oxygen atoms in total. The average Bonchev–Trinajstić information content (AvgIpc) is 3.40. The largest absolute Gasteiger partial charge is 0.390 e. The highest BCUT2D eigenvalue weighted by molar-refractivity contribution is 7.21. The van der Waals surface area contributed by atoms with Crippen LogP contribution in [0, 0.1) is 25.7 Å². The first-order valence-corrected chi connectivity index (χ1v) is 13.7. The quantitative estimate of drug-likeness (QED) is 0.310. The van der Waals surface area contributed by atoms with Gasteiger partial charge in [-0.3, -0.25) is 4.98 Å². The zero-order valence-electron chi connectivity index (χ0n) is 21.7. The first-order chi connectivity index (χ1) is 17.6. The fourth-order valence-corrected chi connectivity index (χ4v) is 6.47. The molecule has 2 fully saturated rings. The molecule has 0 spiro atoms. The molecule has 1 aliphatic carbocycles. The molecule has 3 aromatic heterocycles. The van der Waals surface area contributed by atoms with Crippen molar-refractivity contribution in [1.82, 2.24) is 19.9 Å². The van der Waals surface area contributed by atoms with E-state index < -0.39 is 29.8 Å². The van der Waals surface area contributed by atoms with Crippen molar-refractivity contribution in [2.45, 2.75) is 70.8 Å². The summed E-state index contributed by atoms with van der Waals surface area (Å²) in [6.07, 6.45) is 2.20. The number of thiazole rings is 1. The molecule has 5 N–H and O–H groups in total. The number of hydrogen-bond acceptors (Lipinski definition) is 11. The van der Waals surface area contributed by atoms with E-state index in [-0.39, 0.29) is 0 Å². The minimum atomic E-state index is -1.13. The topological polar surface area (TPSA) is 146 Å². The van der Waals surface area contributed by atoms with Gasteiger partial charge in [0.1, 0.15) is 22.4 Å². The van der Waals surface area contributed by atoms with E-state index in [2.05, 4.69) is 15.6 Å². The van der Waals surface area contributed by atoms with Gasteiger partial charge in [0.15, 0.2) is 0 Å². The number of aliphatic hydroxyl groups excluding tert-OH is 2. The van der Waals surface area contributed by atoms with Gasteiger partial charge in [0.2, 0.25) is 5.95 Å². The van der Waals surface area contributed by atoms with Gasteiger partial charge in [-0.15, -0.1) is 11.3 Å². The van der Waals surface area contributed by atoms with Crippen LogP contribution in [-0.2, 0) is 4.74 Å². The van der Waals surface area contributed by atoms with E-state index in [0.717, 1.165) is 58.2 Å². The molecule has 0 radical (unpaired) electrons. The van der Waals surface area contributed by atoms with Gasteiger partial charge >= 0.3 is 0 Å². The summed E-state index contributed by atoms with van der Waals surface area (Å²) in [6, 6.07) is 1.44. The Hall–Kier alpha value is -2.44. The summed E-state index contributed by atoms with van der Waals surface area (Å²) in [7, 11) is 0. The standard InChI is InChI=1S/C26H36N6O4S/c1-13-19(24-31-20-14(2)27-8-7-18(20)37-24)23(30-17-10-16(26(3,4)35)21(33)22(17)34)32-25(29-13)28-11-15-6-5-9-36-12-15/h7-8,15-17,21-22,33-35H,5-6,9-12H2,1-4H3,(H2,28,29,30,32)/t15?,16-,17?,21+,22-/m0/s1. The average molecular weight is 529 g/mol. The Morgan fingerprint density at radius 2 is 1.95 bits per heavy atom. The fourth-order valence-electron chi connectivity index (χ4n) is 5.36. The van der Waals surface area contributed by atoms with Gasteiger partial charge in [-0.25, -0.2) is 9.97 Å². The van der Waals surface area contributed by atoms with E-state index >= 15 is 0 Å². The third kappa shape index (κ3) is 5.42. The van der Waals surface area contributed by atoms with Gasteiger partial charge in [-0.1, -0.05) is 0 Å². The molecule has 0 aromatic carbocycles. The second-order valence-corrected chi connectivity index (χ2v) is 11.8. The second-order valence-electron chi connectivity index (χ2n) is 10.8. The molecule has 5 atom stereocenters. The van der Waals surface area contributed by atoms with Crippen LogP contribution in [-0.4, -0.2) is 78.9 Å². The predicted octanol–water partition coefficient (Wildman–Crippen LogP) is 2.90. The zero-order valence-corrected chi connectivity index (χ0v) is 22.5. The molecule has 1 saturated heterocycles. The molecule has 4 heterocycles. The predicted molar refractivity (Wildman–Crippen MR) is 144 cm³/mol. The number of pyridine rings is 1. The summed E-state index contributed by atoms with van der Waals surface area (Å²) in [5, 5.41) is 39.6. The van der Waals surface area contributed by atoms with Crippen LogP contribution < -0.4 is 10.6 Å². The number of aliphatic hydroxyl groups is 3. The van der Waals surface area contributed by atoms with Crippen LogP contribution in [0.1, 0.15) is 44.5 Å². The Balaban J connectivity index is 1.50. The Bertz CT molecular complexity index is 1260. The lowest BCUT2D eigenvalue weighted by Gasteiger charge is -2.28. The van der Waals surface area contributed by atoms with Gasteiger partial charge in [0.25, 0.3) is 0 Å². The Labute approximate surface area is 220 Å². The maximum Gasteiger partial charge on any atom is 0.224 e. The van der Waals surface area contributed by atoms with Crippen molar-refractivity contribution in [2.75, 3.05) is 30.4 Å². The van der Waals surface area contributed by atoms with Crippen molar-refractivity contribution in [3.05, 3.63) is 23.7 Å². The van der Waals surface area contributed by atoms with Crippen molar-refractivity contribution in [3.63, 3.8) is 0 Å². The van der Waals surface area contributed by atoms with Crippen molar-refractivity contribution >= 4 is 33.3 Å². The molecule has 0 bridgehead atoms. The van der Waals surface area contributed by atoms with Crippen LogP contribution in [0.4, 0.5) is 11.8 Å². The number of fused-ring (bicyclic) bond motifs is 1. The number of aryl methyl sites for hydroxylation is 2. The van der Waals surface area contributed by atoms with Crippen LogP contribution in [0.5, 0.6) is 0 Å². The lowest BCUT2D eigenvalue weighted by molar-refractivity contribution is -0.0601. The summed E-state index contributed by atoms with van der Waals surface area (Å²) in [4.78, 5) is 18.8. The van der Waals surface area contributed by atoms with E-state index in [0.29, 0.717) is 30.6 Å². The number of ether oxygens (including phenoxy) is 1. The maximum absolute atomic E-state index is 10.9. The molecule has 2 aliphatic rings. The molecule has 5 rings (SSSR count). The zero-order chi connectivity index (χ0) is 26.3. The van der Waals surface area contributed by atoms with Crippen LogP contribution in [0.3, 0.4) is 0 Å². The highest BCUT2D eigenvalue weighted by Gasteiger charge is 2.48. The lowest BCUT2D eigenvalue weighted by Crippen LogP contribution is -2.40. The number of aromatic nitrogens is 4. The van der Waals surface area contributed by atoms with Crippen molar-refractivity contribution in [2.24, 2.45) is 11.8 Å². The maximum atomic E-state index is 10.9. The molecule has 11 heteroatoms. The first-order valence-electron chi connectivity index (χ1n) is 12.9. The van der Waals surface area contributed by atoms with E-state index in [1.54, 1.807) is 20.0 Å². The SMILES string of the molecule is Cc1nc(NCC2CCCOC2)nc(NC2C[C@H](C(C)(C)O)[C@@H](O)[C@H]2O)c1-c1nc2c(C)nccc2s1. The molecule has 2 unspecified atom stereocenters. The van der Waals surface area contributed by atoms with Gasteiger partial charge in [0, 0.05) is 25.3 Å². The highest BCUT2D eigenvalue weighted by Crippen LogP contribution is 2.40. The molecular formula is C26H36N6O4S. The fraction of sp³-hybridized carbons (Fsp3) is 0.615. The summed E-state index contributed by atoms with van der Waals surface area (Å²) < 4.78 is 6.62. The minimum Gasteiger partial charge on any atom is -0.390 e. The van der Waals surface area contributed by atoms with Gasteiger partial charge in [0.05, 0.1) is 46.0 Å². The van der Waals surface area contributed by atoms with Crippen molar-refractivity contribution < 1.29 is 20.1 Å². The third-order valence-electron chi connectivity index (χ3n) is 7.51. The smallest absolute Gasteiger partial charge is 0.224 e. The van der Waals surface area contributed by atoms with E-state index in [1.807, 2.05) is 19.9 Å². The van der Waals surface area contributed by atoms with Crippen LogP contribution in [0.25, 0.3) is 20.8 Å². The number of anilines is 2. The molecule has 3 aromatic rings. The second kappa shape index (κ2) is 10.4. The van der Waals surface area contributed by atoms with Crippen LogP contribution in [0.2, 0.25) is 0 Å². The van der Waals surface area contributed by atoms with Gasteiger partial charge in [-0.05, 0) is 58.9 Å². The summed E-state index contributed by atoms with van der Waals surface area (Å²) in [6.45, 7) is 9.41. The highest BCUT2D eigenvalue weighted by atomic mass is 32.1. The minimum absolute atomic E-state index is 0.388. The molecule has 0 amide bonds. The van der Waals surface area contributed by atoms with E-state index in [1.165, 1.54) is 11.3 Å². The van der Waals surface area contributed by atoms with Crippen LogP contribution in [0.15, 0.2) is 12.3 Å². The van der Waals surface area contributed by atoms with E-state index in [4.69, 9.17) is 19.7 Å². The molecular weight excluding hydrogens is 492 g/mol. The normalized spacial score (nSPS) is 26.5. The molecule has 200 valence electrons. The number of hydrogen-bond donors (Lipinski definition) is 5. The molecule has 1 aliphatic heterocycles. The van der Waals surface area contributed by atoms with Crippen molar-refractivity contribution in [1.29, 1.82) is 0 Å². The molecule has 1 saturated carbocycles. The van der Waals surface area contributed by atoms with Crippen molar-refractivity contribution in [3.8, 4) is 10.6 Å². The number of rotatable bonds is 7. The first kappa shape index (κ1) is 26.2. The van der Waals surface area contributed by atoms with E-state index in [9.17, 15) is 15.3 Å². The number of nitrogens with one attached hydrogen (secondary N) is 2. The summed E-state index contributed by atoms with van der Waals surface area (Å²) in [5.41, 5.74) is 2.06. The monoisotopic (exact) mass is 528 g/mol. The van der Waals surface area contributed by atoms with Gasteiger partial charge < -0.3 is 30.7 Å². The van der Waals surface area contributed by atoms with Gasteiger partial charge in [-0.2, -0.15) is 4.98 Å². The van der Waals surface area contributed by atoms with Crippen LogP contribution >= 0.6 is 11.3 Å². The lowest BCUT2D eigenvalue weighted by atomic mass is 9.88. The number of nitrogens with zero attached hydrogens (tertiary/aromatic N) is 4. The Morgan fingerprint density at radius 3 is 2.62 bits per heavy atom. The molecule has 37 heavy (non-hydrogen) atoms. The Kier molecular flexibility index (Phi) is 7.34. The summed E-state index contributed by atoms with van der Waals surface area (Å²) >= 11 is 1.54.